The van der Waals surface area contributed by atoms with E-state index in [4.69, 9.17) is 15.9 Å². The number of rotatable bonds is 9. The fourth-order valence-corrected chi connectivity index (χ4v) is 3.74. The number of fused-ring (bicyclic) bond motifs is 1. The van der Waals surface area contributed by atoms with Gasteiger partial charge < -0.3 is 20.4 Å². The number of hydrogen-bond donors (Lipinski definition) is 3. The van der Waals surface area contributed by atoms with Crippen LogP contribution in [0.2, 0.25) is 0 Å². The van der Waals surface area contributed by atoms with E-state index >= 15 is 0 Å². The summed E-state index contributed by atoms with van der Waals surface area (Å²) in [6, 6.07) is 22.3. The van der Waals surface area contributed by atoms with Gasteiger partial charge in [0.15, 0.2) is 0 Å². The molecule has 0 aliphatic heterocycles. The van der Waals surface area contributed by atoms with Gasteiger partial charge in [0.25, 0.3) is 5.91 Å². The summed E-state index contributed by atoms with van der Waals surface area (Å²) in [6.07, 6.45) is 3.74. The van der Waals surface area contributed by atoms with Crippen LogP contribution in [-0.4, -0.2) is 40.4 Å². The number of hydrogen-bond acceptors (Lipinski definition) is 5. The van der Waals surface area contributed by atoms with E-state index < -0.39 is 0 Å². The van der Waals surface area contributed by atoms with E-state index in [9.17, 15) is 9.59 Å². The van der Waals surface area contributed by atoms with Gasteiger partial charge in [-0.3, -0.25) is 15.0 Å². The maximum atomic E-state index is 12.6. The molecule has 0 aliphatic carbocycles. The second-order valence-electron chi connectivity index (χ2n) is 8.19. The molecule has 1 heterocycles. The van der Waals surface area contributed by atoms with Gasteiger partial charge in [-0.25, -0.2) is 4.98 Å². The molecule has 182 valence electrons. The first kappa shape index (κ1) is 24.4. The lowest BCUT2D eigenvalue weighted by Crippen LogP contribution is -2.26. The van der Waals surface area contributed by atoms with Gasteiger partial charge in [0.1, 0.15) is 18.3 Å². The summed E-state index contributed by atoms with van der Waals surface area (Å²) >= 11 is 0. The molecule has 0 radical (unpaired) electrons. The van der Waals surface area contributed by atoms with Crippen molar-refractivity contribution < 1.29 is 14.3 Å². The summed E-state index contributed by atoms with van der Waals surface area (Å²) in [5, 5.41) is 10.3. The number of nitrogen functional groups attached to an aromatic ring is 1. The van der Waals surface area contributed by atoms with E-state index in [1.54, 1.807) is 30.3 Å². The number of amidine groups is 1. The highest BCUT2D eigenvalue weighted by molar-refractivity contribution is 5.98. The monoisotopic (exact) mass is 481 g/mol. The molecule has 1 amide bonds. The minimum absolute atomic E-state index is 0.00960. The lowest BCUT2D eigenvalue weighted by molar-refractivity contribution is -0.142. The number of imidazole rings is 1. The van der Waals surface area contributed by atoms with Crippen LogP contribution in [-0.2, 0) is 16.6 Å². The summed E-state index contributed by atoms with van der Waals surface area (Å²) in [5.41, 5.74) is 10.1. The summed E-state index contributed by atoms with van der Waals surface area (Å²) < 4.78 is 7.13. The number of esters is 1. The number of nitrogens with two attached hydrogens (primary N) is 1. The highest BCUT2D eigenvalue weighted by atomic mass is 16.5. The Morgan fingerprint density at radius 2 is 1.78 bits per heavy atom. The zero-order chi connectivity index (χ0) is 25.5. The van der Waals surface area contributed by atoms with Crippen LogP contribution in [0.5, 0.6) is 0 Å². The Labute approximate surface area is 208 Å². The number of carbonyl (C=O) groups excluding carboxylic acids is 2. The lowest BCUT2D eigenvalue weighted by atomic mass is 10.1. The molecule has 36 heavy (non-hydrogen) atoms. The highest BCUT2D eigenvalue weighted by Crippen LogP contribution is 2.24. The maximum Gasteiger partial charge on any atom is 0.307 e. The SMILES string of the molecule is Cn1c(-c2ccc(C(=N)N)cc2)nc2cc(C(=O)NCCC(=O)OCC=Cc3ccccc3)ccc21. The number of nitrogens with zero attached hydrogens (tertiary/aromatic N) is 2. The maximum absolute atomic E-state index is 12.6. The van der Waals surface area contributed by atoms with Crippen molar-refractivity contribution in [1.82, 2.24) is 14.9 Å². The van der Waals surface area contributed by atoms with Crippen molar-refractivity contribution in [3.05, 3.63) is 95.6 Å². The molecule has 0 aliphatic rings. The van der Waals surface area contributed by atoms with Crippen molar-refractivity contribution in [1.29, 1.82) is 5.41 Å². The lowest BCUT2D eigenvalue weighted by Gasteiger charge is -2.06. The van der Waals surface area contributed by atoms with Crippen molar-refractivity contribution in [3.8, 4) is 11.4 Å². The van der Waals surface area contributed by atoms with Crippen LogP contribution in [0.1, 0.15) is 27.9 Å². The molecule has 0 spiro atoms. The molecule has 0 atom stereocenters. The Balaban J connectivity index is 1.32. The first-order chi connectivity index (χ1) is 17.4. The number of aromatic nitrogens is 2. The topological polar surface area (TPSA) is 123 Å². The fraction of sp³-hybridized carbons (Fsp3) is 0.143. The van der Waals surface area contributed by atoms with Crippen LogP contribution in [0.25, 0.3) is 28.5 Å². The zero-order valence-electron chi connectivity index (χ0n) is 19.9. The Morgan fingerprint density at radius 1 is 1.06 bits per heavy atom. The highest BCUT2D eigenvalue weighted by Gasteiger charge is 2.13. The summed E-state index contributed by atoms with van der Waals surface area (Å²) in [5.74, 6) is 0.0809. The molecule has 8 heteroatoms. The van der Waals surface area contributed by atoms with Crippen LogP contribution >= 0.6 is 0 Å². The van der Waals surface area contributed by atoms with Crippen molar-refractivity contribution in [2.75, 3.05) is 13.2 Å². The van der Waals surface area contributed by atoms with Crippen LogP contribution in [0, 0.1) is 5.41 Å². The standard InChI is InChI=1S/C28H27N5O3/c1-33-24-14-13-22(18-23(24)32-27(33)21-11-9-20(10-12-21)26(29)30)28(35)31-16-15-25(34)36-17-5-8-19-6-3-2-4-7-19/h2-14,18H,15-17H2,1H3,(H3,29,30)(H,31,35). The van der Waals surface area contributed by atoms with E-state index in [-0.39, 0.29) is 37.3 Å². The van der Waals surface area contributed by atoms with Crippen molar-refractivity contribution in [2.45, 2.75) is 6.42 Å². The zero-order valence-corrected chi connectivity index (χ0v) is 19.9. The fourth-order valence-electron chi connectivity index (χ4n) is 3.74. The predicted octanol–water partition coefficient (Wildman–Crippen LogP) is 3.90. The molecule has 0 unspecified atom stereocenters. The molecular formula is C28H27N5O3. The van der Waals surface area contributed by atoms with E-state index in [0.717, 1.165) is 22.5 Å². The van der Waals surface area contributed by atoms with Crippen molar-refractivity contribution in [3.63, 3.8) is 0 Å². The Hall–Kier alpha value is -4.72. The normalized spacial score (nSPS) is 11.0. The number of nitrogens with one attached hydrogen (secondary N) is 2. The third kappa shape index (κ3) is 5.85. The van der Waals surface area contributed by atoms with Gasteiger partial charge in [0.2, 0.25) is 0 Å². The molecule has 4 aromatic rings. The van der Waals surface area contributed by atoms with E-state index in [2.05, 4.69) is 10.3 Å². The van der Waals surface area contributed by atoms with E-state index in [0.29, 0.717) is 16.6 Å². The van der Waals surface area contributed by atoms with E-state index in [1.165, 1.54) is 0 Å². The molecule has 8 nitrogen and oxygen atoms in total. The van der Waals surface area contributed by atoms with Crippen LogP contribution in [0.15, 0.2) is 78.9 Å². The van der Waals surface area contributed by atoms with Crippen LogP contribution in [0.3, 0.4) is 0 Å². The van der Waals surface area contributed by atoms with Gasteiger partial charge in [-0.1, -0.05) is 60.7 Å². The van der Waals surface area contributed by atoms with Gasteiger partial charge in [-0.15, -0.1) is 0 Å². The molecule has 0 bridgehead atoms. The smallest absolute Gasteiger partial charge is 0.307 e. The van der Waals surface area contributed by atoms with Gasteiger partial charge in [0.05, 0.1) is 17.5 Å². The summed E-state index contributed by atoms with van der Waals surface area (Å²) in [7, 11) is 1.91. The largest absolute Gasteiger partial charge is 0.461 e. The summed E-state index contributed by atoms with van der Waals surface area (Å²) in [6.45, 7) is 0.353. The molecular weight excluding hydrogens is 454 g/mol. The molecule has 1 aromatic heterocycles. The minimum Gasteiger partial charge on any atom is -0.461 e. The van der Waals surface area contributed by atoms with Crippen molar-refractivity contribution >= 4 is 34.8 Å². The van der Waals surface area contributed by atoms with Gasteiger partial charge in [-0.05, 0) is 29.8 Å². The number of carbonyl (C=O) groups is 2. The molecule has 0 saturated carbocycles. The van der Waals surface area contributed by atoms with Crippen LogP contribution < -0.4 is 11.1 Å². The third-order valence-corrected chi connectivity index (χ3v) is 5.66. The van der Waals surface area contributed by atoms with Gasteiger partial charge in [-0.2, -0.15) is 0 Å². The Morgan fingerprint density at radius 3 is 2.50 bits per heavy atom. The molecule has 0 fully saturated rings. The van der Waals surface area contributed by atoms with Crippen LogP contribution in [0.4, 0.5) is 0 Å². The number of ether oxygens (including phenoxy) is 1. The minimum atomic E-state index is -0.381. The summed E-state index contributed by atoms with van der Waals surface area (Å²) in [4.78, 5) is 29.2. The van der Waals surface area contributed by atoms with E-state index in [1.807, 2.05) is 66.2 Å². The third-order valence-electron chi connectivity index (χ3n) is 5.66. The Kier molecular flexibility index (Phi) is 7.55. The quantitative estimate of drug-likeness (QED) is 0.190. The first-order valence-corrected chi connectivity index (χ1v) is 11.5. The molecule has 4 rings (SSSR count). The molecule has 4 N–H and O–H groups in total. The second-order valence-corrected chi connectivity index (χ2v) is 8.19. The first-order valence-electron chi connectivity index (χ1n) is 11.5. The second kappa shape index (κ2) is 11.1. The molecule has 3 aromatic carbocycles. The number of aryl methyl sites for hydroxylation is 1. The Bertz CT molecular complexity index is 1420. The predicted molar refractivity (Wildman–Crippen MR) is 141 cm³/mol. The molecule has 0 saturated heterocycles. The van der Waals surface area contributed by atoms with Gasteiger partial charge >= 0.3 is 5.97 Å². The average molecular weight is 482 g/mol. The number of amides is 1. The average Bonchev–Trinajstić information content (AvgIpc) is 3.23. The van der Waals surface area contributed by atoms with Crippen molar-refractivity contribution in [2.24, 2.45) is 12.8 Å². The van der Waals surface area contributed by atoms with Gasteiger partial charge in [0, 0.05) is 30.3 Å². The number of benzene rings is 3.